The Kier molecular flexibility index (Phi) is 4.23. The maximum atomic E-state index is 12.1. The summed E-state index contributed by atoms with van der Waals surface area (Å²) in [6.45, 7) is 1.22. The number of esters is 1. The molecule has 1 aromatic carbocycles. The van der Waals surface area contributed by atoms with Crippen LogP contribution in [0.15, 0.2) is 40.8 Å². The number of ether oxygens (including phenoxy) is 1. The second-order valence-electron chi connectivity index (χ2n) is 5.81. The minimum atomic E-state index is -0.639. The highest BCUT2D eigenvalue weighted by Crippen LogP contribution is 2.31. The molecule has 128 valence electrons. The first-order valence-corrected chi connectivity index (χ1v) is 8.93. The Morgan fingerprint density at radius 1 is 1.16 bits per heavy atom. The van der Waals surface area contributed by atoms with Crippen molar-refractivity contribution in [3.8, 4) is 10.8 Å². The molecule has 0 aliphatic carbocycles. The average Bonchev–Trinajstić information content (AvgIpc) is 3.38. The number of furan rings is 1. The molecule has 1 aliphatic heterocycles. The number of para-hydroxylation sites is 1. The van der Waals surface area contributed by atoms with Crippen molar-refractivity contribution < 1.29 is 18.7 Å². The standard InChI is InChI=1S/C18H16N2O4S/c21-16(20-9-3-4-10-20)11-23-18(22)14-8-7-13(24-14)17-19-12-5-1-2-6-15(12)25-17/h1-2,5-8H,3-4,9-11H2. The van der Waals surface area contributed by atoms with Crippen LogP contribution in [-0.4, -0.2) is 41.5 Å². The van der Waals surface area contributed by atoms with E-state index < -0.39 is 5.97 Å². The van der Waals surface area contributed by atoms with Gasteiger partial charge in [-0.25, -0.2) is 9.78 Å². The fourth-order valence-corrected chi connectivity index (χ4v) is 3.72. The minimum Gasteiger partial charge on any atom is -0.450 e. The smallest absolute Gasteiger partial charge is 0.374 e. The summed E-state index contributed by atoms with van der Waals surface area (Å²) in [5.74, 6) is -0.216. The van der Waals surface area contributed by atoms with Gasteiger partial charge in [-0.3, -0.25) is 4.79 Å². The minimum absolute atomic E-state index is 0.0727. The summed E-state index contributed by atoms with van der Waals surface area (Å²) in [4.78, 5) is 30.2. The number of fused-ring (bicyclic) bond motifs is 1. The molecule has 1 fully saturated rings. The highest BCUT2D eigenvalue weighted by atomic mass is 32.1. The summed E-state index contributed by atoms with van der Waals surface area (Å²) in [5, 5.41) is 0.702. The quantitative estimate of drug-likeness (QED) is 0.671. The summed E-state index contributed by atoms with van der Waals surface area (Å²) in [5.41, 5.74) is 0.888. The fraction of sp³-hybridized carbons (Fsp3) is 0.278. The van der Waals surface area contributed by atoms with Crippen LogP contribution in [0.25, 0.3) is 21.0 Å². The molecule has 0 saturated carbocycles. The molecule has 0 spiro atoms. The van der Waals surface area contributed by atoms with E-state index in [9.17, 15) is 9.59 Å². The highest BCUT2D eigenvalue weighted by molar-refractivity contribution is 7.21. The third kappa shape index (κ3) is 3.28. The number of nitrogens with zero attached hydrogens (tertiary/aromatic N) is 2. The van der Waals surface area contributed by atoms with Crippen LogP contribution in [0.3, 0.4) is 0 Å². The summed E-state index contributed by atoms with van der Waals surface area (Å²) in [7, 11) is 0. The molecule has 0 bridgehead atoms. The van der Waals surface area contributed by atoms with E-state index in [1.54, 1.807) is 17.0 Å². The second-order valence-corrected chi connectivity index (χ2v) is 6.85. The van der Waals surface area contributed by atoms with Gasteiger partial charge in [0.05, 0.1) is 10.2 Å². The van der Waals surface area contributed by atoms with E-state index in [0.717, 1.165) is 36.1 Å². The maximum absolute atomic E-state index is 12.1. The molecule has 1 aliphatic rings. The van der Waals surface area contributed by atoms with Crippen molar-refractivity contribution in [3.63, 3.8) is 0 Å². The molecular weight excluding hydrogens is 340 g/mol. The molecule has 6 nitrogen and oxygen atoms in total. The highest BCUT2D eigenvalue weighted by Gasteiger charge is 2.21. The second kappa shape index (κ2) is 6.68. The molecule has 1 saturated heterocycles. The van der Waals surface area contributed by atoms with Gasteiger partial charge in [0.2, 0.25) is 5.76 Å². The van der Waals surface area contributed by atoms with Crippen molar-refractivity contribution in [1.82, 2.24) is 9.88 Å². The maximum Gasteiger partial charge on any atom is 0.374 e. The van der Waals surface area contributed by atoms with Crippen LogP contribution in [0, 0.1) is 0 Å². The van der Waals surface area contributed by atoms with Gasteiger partial charge in [0.25, 0.3) is 5.91 Å². The van der Waals surface area contributed by atoms with Crippen LogP contribution in [0.5, 0.6) is 0 Å². The number of rotatable bonds is 4. The fourth-order valence-electron chi connectivity index (χ4n) is 2.80. The predicted octanol–water partition coefficient (Wildman–Crippen LogP) is 3.34. The molecule has 2 aromatic heterocycles. The van der Waals surface area contributed by atoms with Gasteiger partial charge in [0, 0.05) is 13.1 Å². The van der Waals surface area contributed by atoms with Crippen LogP contribution in [-0.2, 0) is 9.53 Å². The van der Waals surface area contributed by atoms with E-state index in [2.05, 4.69) is 4.98 Å². The van der Waals surface area contributed by atoms with Gasteiger partial charge in [-0.2, -0.15) is 0 Å². The van der Waals surface area contributed by atoms with Crippen molar-refractivity contribution in [1.29, 1.82) is 0 Å². The monoisotopic (exact) mass is 356 g/mol. The van der Waals surface area contributed by atoms with Crippen molar-refractivity contribution in [2.75, 3.05) is 19.7 Å². The van der Waals surface area contributed by atoms with Gasteiger partial charge >= 0.3 is 5.97 Å². The number of aromatic nitrogens is 1. The van der Waals surface area contributed by atoms with Gasteiger partial charge < -0.3 is 14.1 Å². The topological polar surface area (TPSA) is 72.6 Å². The van der Waals surface area contributed by atoms with Crippen LogP contribution in [0.1, 0.15) is 23.4 Å². The van der Waals surface area contributed by atoms with Crippen molar-refractivity contribution in [2.24, 2.45) is 0 Å². The van der Waals surface area contributed by atoms with Crippen LogP contribution >= 0.6 is 11.3 Å². The van der Waals surface area contributed by atoms with E-state index in [1.807, 2.05) is 24.3 Å². The molecule has 0 atom stereocenters. The summed E-state index contributed by atoms with van der Waals surface area (Å²) in [6.07, 6.45) is 2.01. The summed E-state index contributed by atoms with van der Waals surface area (Å²) < 4.78 is 11.7. The first-order chi connectivity index (χ1) is 12.2. The predicted molar refractivity (Wildman–Crippen MR) is 93.4 cm³/mol. The first kappa shape index (κ1) is 15.8. The summed E-state index contributed by atoms with van der Waals surface area (Å²) in [6, 6.07) is 11.0. The number of carbonyl (C=O) groups excluding carboxylic acids is 2. The van der Waals surface area contributed by atoms with Crippen molar-refractivity contribution in [3.05, 3.63) is 42.2 Å². The molecule has 0 unspecified atom stereocenters. The first-order valence-electron chi connectivity index (χ1n) is 8.11. The molecular formula is C18H16N2O4S. The Morgan fingerprint density at radius 3 is 2.76 bits per heavy atom. The van der Waals surface area contributed by atoms with E-state index in [4.69, 9.17) is 9.15 Å². The molecule has 0 radical (unpaired) electrons. The van der Waals surface area contributed by atoms with Gasteiger partial charge in [-0.1, -0.05) is 12.1 Å². The van der Waals surface area contributed by atoms with E-state index in [0.29, 0.717) is 10.8 Å². The molecule has 1 amide bonds. The van der Waals surface area contributed by atoms with E-state index in [1.165, 1.54) is 11.3 Å². The lowest BCUT2D eigenvalue weighted by Crippen LogP contribution is -2.32. The van der Waals surface area contributed by atoms with Crippen LogP contribution in [0.4, 0.5) is 0 Å². The lowest BCUT2D eigenvalue weighted by Gasteiger charge is -2.14. The lowest BCUT2D eigenvalue weighted by molar-refractivity contribution is -0.133. The van der Waals surface area contributed by atoms with E-state index >= 15 is 0 Å². The lowest BCUT2D eigenvalue weighted by atomic mass is 10.3. The van der Waals surface area contributed by atoms with Gasteiger partial charge in [0.15, 0.2) is 17.4 Å². The van der Waals surface area contributed by atoms with Gasteiger partial charge in [-0.05, 0) is 37.1 Å². The Bertz CT molecular complexity index is 891. The number of thiazole rings is 1. The van der Waals surface area contributed by atoms with E-state index in [-0.39, 0.29) is 18.3 Å². The third-order valence-electron chi connectivity index (χ3n) is 4.10. The number of amides is 1. The molecule has 4 rings (SSSR count). The number of carbonyl (C=O) groups is 2. The molecule has 25 heavy (non-hydrogen) atoms. The van der Waals surface area contributed by atoms with Gasteiger partial charge in [0.1, 0.15) is 0 Å². The largest absolute Gasteiger partial charge is 0.450 e. The normalized spacial score (nSPS) is 14.2. The Hall–Kier alpha value is -2.67. The summed E-state index contributed by atoms with van der Waals surface area (Å²) >= 11 is 1.49. The number of hydrogen-bond acceptors (Lipinski definition) is 6. The third-order valence-corrected chi connectivity index (χ3v) is 5.15. The van der Waals surface area contributed by atoms with Crippen molar-refractivity contribution in [2.45, 2.75) is 12.8 Å². The number of benzene rings is 1. The Balaban J connectivity index is 1.43. The van der Waals surface area contributed by atoms with Crippen LogP contribution in [0.2, 0.25) is 0 Å². The zero-order chi connectivity index (χ0) is 17.2. The molecule has 7 heteroatoms. The SMILES string of the molecule is O=C(OCC(=O)N1CCCC1)c1ccc(-c2nc3ccccc3s2)o1. The van der Waals surface area contributed by atoms with Crippen LogP contribution < -0.4 is 0 Å². The van der Waals surface area contributed by atoms with Gasteiger partial charge in [-0.15, -0.1) is 11.3 Å². The number of hydrogen-bond donors (Lipinski definition) is 0. The Morgan fingerprint density at radius 2 is 1.96 bits per heavy atom. The molecule has 0 N–H and O–H groups in total. The average molecular weight is 356 g/mol. The zero-order valence-electron chi connectivity index (χ0n) is 13.4. The Labute approximate surface area is 148 Å². The van der Waals surface area contributed by atoms with Crippen molar-refractivity contribution >= 4 is 33.4 Å². The molecule has 3 aromatic rings. The zero-order valence-corrected chi connectivity index (χ0v) is 14.3. The number of likely N-dealkylation sites (tertiary alicyclic amines) is 1. The molecule has 3 heterocycles.